The van der Waals surface area contributed by atoms with Gasteiger partial charge >= 0.3 is 0 Å². The maximum Gasteiger partial charge on any atom is 0.265 e. The molecule has 1 aliphatic rings. The molecule has 2 aromatic carbocycles. The van der Waals surface area contributed by atoms with Crippen LogP contribution >= 0.6 is 11.3 Å². The van der Waals surface area contributed by atoms with Crippen LogP contribution < -0.4 is 10.3 Å². The van der Waals surface area contributed by atoms with Gasteiger partial charge in [0.05, 0.1) is 29.1 Å². The summed E-state index contributed by atoms with van der Waals surface area (Å²) in [5, 5.41) is 0.640. The summed E-state index contributed by atoms with van der Waals surface area (Å²) in [5.41, 5.74) is 6.75. The number of ether oxygens (including phenoxy) is 1. The Labute approximate surface area is 265 Å². The molecule has 44 heavy (non-hydrogen) atoms. The molecule has 0 atom stereocenters. The van der Waals surface area contributed by atoms with Gasteiger partial charge in [0.15, 0.2) is 0 Å². The van der Waals surface area contributed by atoms with E-state index in [-0.39, 0.29) is 17.4 Å². The lowest BCUT2D eigenvalue weighted by Gasteiger charge is -2.29. The molecule has 0 radical (unpaired) electrons. The maximum atomic E-state index is 14.8. The molecule has 7 heteroatoms. The molecule has 0 unspecified atom stereocenters. The van der Waals surface area contributed by atoms with E-state index in [9.17, 15) is 9.59 Å². The molecule has 6 nitrogen and oxygen atoms in total. The Morgan fingerprint density at radius 2 is 1.64 bits per heavy atom. The van der Waals surface area contributed by atoms with Crippen LogP contribution in [-0.2, 0) is 19.3 Å². The summed E-state index contributed by atoms with van der Waals surface area (Å²) in [6.45, 7) is 14.7. The Morgan fingerprint density at radius 3 is 2.23 bits per heavy atom. The van der Waals surface area contributed by atoms with Crippen molar-refractivity contribution in [2.75, 3.05) is 19.7 Å². The minimum Gasteiger partial charge on any atom is -0.494 e. The van der Waals surface area contributed by atoms with Crippen LogP contribution in [0, 0.1) is 12.8 Å². The number of rotatable bonds is 10. The first-order valence-corrected chi connectivity index (χ1v) is 17.0. The fourth-order valence-corrected chi connectivity index (χ4v) is 7.18. The van der Waals surface area contributed by atoms with Crippen LogP contribution in [0.25, 0.3) is 27.5 Å². The van der Waals surface area contributed by atoms with Crippen LogP contribution in [0.4, 0.5) is 0 Å². The number of amides is 1. The Balaban J connectivity index is 1.78. The quantitative estimate of drug-likeness (QED) is 0.181. The van der Waals surface area contributed by atoms with Crippen LogP contribution in [0.15, 0.2) is 53.3 Å². The third-order valence-electron chi connectivity index (χ3n) is 8.43. The molecule has 3 heterocycles. The number of aryl methyl sites for hydroxylation is 3. The monoisotopic (exact) mass is 611 g/mol. The lowest BCUT2D eigenvalue weighted by atomic mass is 9.96. The topological polar surface area (TPSA) is 64.4 Å². The second-order valence-electron chi connectivity index (χ2n) is 12.0. The number of likely N-dealkylation sites (tertiary alicyclic amines) is 1. The van der Waals surface area contributed by atoms with Gasteiger partial charge in [-0.2, -0.15) is 0 Å². The number of para-hydroxylation sites is 1. The van der Waals surface area contributed by atoms with E-state index in [1.165, 1.54) is 11.3 Å². The molecule has 1 amide bonds. The van der Waals surface area contributed by atoms with Gasteiger partial charge in [0.2, 0.25) is 0 Å². The molecule has 0 aliphatic carbocycles. The van der Waals surface area contributed by atoms with Gasteiger partial charge in [-0.25, -0.2) is 4.98 Å². The van der Waals surface area contributed by atoms with Crippen molar-refractivity contribution in [3.05, 3.63) is 86.1 Å². The molecule has 0 bridgehead atoms. The number of thiazole rings is 1. The zero-order chi connectivity index (χ0) is 31.4. The van der Waals surface area contributed by atoms with E-state index in [1.54, 1.807) is 0 Å². The molecule has 5 rings (SSSR count). The zero-order valence-electron chi connectivity index (χ0n) is 27.0. The first kappa shape index (κ1) is 31.7. The summed E-state index contributed by atoms with van der Waals surface area (Å²) in [4.78, 5) is 37.2. The predicted molar refractivity (Wildman–Crippen MR) is 182 cm³/mol. The third-order valence-corrected chi connectivity index (χ3v) is 9.44. The van der Waals surface area contributed by atoms with Crippen molar-refractivity contribution in [1.82, 2.24) is 14.5 Å². The zero-order valence-corrected chi connectivity index (χ0v) is 27.9. The van der Waals surface area contributed by atoms with Crippen LogP contribution in [0.1, 0.15) is 85.9 Å². The van der Waals surface area contributed by atoms with E-state index in [2.05, 4.69) is 45.9 Å². The minimum absolute atomic E-state index is 0.0161. The Hall–Kier alpha value is -3.71. The van der Waals surface area contributed by atoms with Gasteiger partial charge in [-0.15, -0.1) is 11.3 Å². The molecule has 0 N–H and O–H groups in total. The van der Waals surface area contributed by atoms with Crippen molar-refractivity contribution in [3.63, 3.8) is 0 Å². The van der Waals surface area contributed by atoms with Crippen molar-refractivity contribution in [3.8, 4) is 33.3 Å². The summed E-state index contributed by atoms with van der Waals surface area (Å²) in [6, 6.07) is 16.1. The van der Waals surface area contributed by atoms with Crippen LogP contribution in [0.2, 0.25) is 0 Å². The van der Waals surface area contributed by atoms with Gasteiger partial charge in [-0.3, -0.25) is 14.2 Å². The summed E-state index contributed by atoms with van der Waals surface area (Å²) in [7, 11) is 0. The molecule has 0 spiro atoms. The number of carbonyl (C=O) groups is 1. The van der Waals surface area contributed by atoms with Crippen LogP contribution in [0.5, 0.6) is 5.75 Å². The lowest BCUT2D eigenvalue weighted by molar-refractivity contribution is 0.0722. The Kier molecular flexibility index (Phi) is 10.0. The van der Waals surface area contributed by atoms with E-state index < -0.39 is 0 Å². The summed E-state index contributed by atoms with van der Waals surface area (Å²) < 4.78 is 7.52. The maximum absolute atomic E-state index is 14.8. The number of hydrogen-bond donors (Lipinski definition) is 0. The number of piperidine rings is 1. The number of pyridine rings is 1. The first-order valence-electron chi connectivity index (χ1n) is 16.2. The molecular formula is C37H45N3O3S. The van der Waals surface area contributed by atoms with Gasteiger partial charge in [0.1, 0.15) is 10.8 Å². The number of aromatic nitrogens is 2. The molecular weight excluding hydrogens is 566 g/mol. The molecule has 2 aromatic heterocycles. The van der Waals surface area contributed by atoms with E-state index >= 15 is 0 Å². The van der Waals surface area contributed by atoms with Crippen molar-refractivity contribution in [2.24, 2.45) is 5.92 Å². The minimum atomic E-state index is -0.113. The summed E-state index contributed by atoms with van der Waals surface area (Å²) >= 11 is 1.51. The third kappa shape index (κ3) is 6.39. The van der Waals surface area contributed by atoms with Crippen molar-refractivity contribution >= 4 is 17.2 Å². The average molecular weight is 612 g/mol. The van der Waals surface area contributed by atoms with E-state index in [1.807, 2.05) is 53.6 Å². The van der Waals surface area contributed by atoms with Gasteiger partial charge in [0, 0.05) is 29.2 Å². The largest absolute Gasteiger partial charge is 0.494 e. The highest BCUT2D eigenvalue weighted by atomic mass is 32.1. The second-order valence-corrected chi connectivity index (χ2v) is 13.2. The van der Waals surface area contributed by atoms with Gasteiger partial charge in [0.25, 0.3) is 11.5 Å². The summed E-state index contributed by atoms with van der Waals surface area (Å²) in [6.07, 6.45) is 5.36. The standard InChI is InChI=1S/C37H45N3O3S/c1-7-26-14-13-15-27(8-2)34(26)40-32(22-24(4)5)30(36(41)39-20-11-10-12-21-39)23-31(37(40)42)35-38-33(25(6)44-35)28-16-18-29(19-17-28)43-9-3/h13-19,23-24H,7-12,20-22H2,1-6H3. The number of benzene rings is 2. The normalized spacial score (nSPS) is 13.5. The van der Waals surface area contributed by atoms with Gasteiger partial charge in [-0.05, 0) is 99.7 Å². The van der Waals surface area contributed by atoms with Crippen molar-refractivity contribution < 1.29 is 9.53 Å². The highest BCUT2D eigenvalue weighted by Gasteiger charge is 2.29. The fraction of sp³-hybridized carbons (Fsp3) is 0.432. The van der Waals surface area contributed by atoms with Crippen LogP contribution in [0.3, 0.4) is 0 Å². The number of carbonyl (C=O) groups excluding carboxylic acids is 1. The number of hydrogen-bond acceptors (Lipinski definition) is 5. The SMILES string of the molecule is CCOc1ccc(-c2nc(-c3cc(C(=O)N4CCCCC4)c(CC(C)C)n(-c4c(CC)cccc4CC)c3=O)sc2C)cc1. The van der Waals surface area contributed by atoms with E-state index in [4.69, 9.17) is 9.72 Å². The van der Waals surface area contributed by atoms with Crippen molar-refractivity contribution in [2.45, 2.75) is 80.1 Å². The van der Waals surface area contributed by atoms with Crippen molar-refractivity contribution in [1.29, 1.82) is 0 Å². The fourth-order valence-electron chi connectivity index (χ4n) is 6.24. The molecule has 1 aliphatic heterocycles. The first-order chi connectivity index (χ1) is 21.3. The van der Waals surface area contributed by atoms with E-state index in [0.29, 0.717) is 29.2 Å². The molecule has 1 saturated heterocycles. The van der Waals surface area contributed by atoms with Crippen LogP contribution in [-0.4, -0.2) is 40.1 Å². The van der Waals surface area contributed by atoms with E-state index in [0.717, 1.165) is 89.6 Å². The Morgan fingerprint density at radius 1 is 0.977 bits per heavy atom. The summed E-state index contributed by atoms with van der Waals surface area (Å²) in [5.74, 6) is 1.09. The molecule has 1 fully saturated rings. The Bertz CT molecular complexity index is 1660. The molecule has 4 aromatic rings. The predicted octanol–water partition coefficient (Wildman–Crippen LogP) is 8.28. The molecule has 232 valence electrons. The highest BCUT2D eigenvalue weighted by Crippen LogP contribution is 2.35. The van der Waals surface area contributed by atoms with Gasteiger partial charge in [-0.1, -0.05) is 45.9 Å². The number of nitrogens with zero attached hydrogens (tertiary/aromatic N) is 3. The highest BCUT2D eigenvalue weighted by molar-refractivity contribution is 7.15. The molecule has 0 saturated carbocycles. The smallest absolute Gasteiger partial charge is 0.265 e. The van der Waals surface area contributed by atoms with Gasteiger partial charge < -0.3 is 9.64 Å². The average Bonchev–Trinajstić information content (AvgIpc) is 3.42. The second kappa shape index (κ2) is 13.9. The lowest BCUT2D eigenvalue weighted by Crippen LogP contribution is -2.38.